The minimum absolute atomic E-state index is 0.146. The van der Waals surface area contributed by atoms with Crippen LogP contribution in [0.2, 0.25) is 0 Å². The Labute approximate surface area is 111 Å². The predicted octanol–water partition coefficient (Wildman–Crippen LogP) is 2.40. The number of nitrogens with zero attached hydrogens (tertiary/aromatic N) is 2. The fourth-order valence-corrected chi connectivity index (χ4v) is 1.84. The fourth-order valence-electron chi connectivity index (χ4n) is 1.84. The molecule has 7 heteroatoms. The molecule has 2 amide bonds. The Hall–Kier alpha value is -2.62. The van der Waals surface area contributed by atoms with Gasteiger partial charge in [0.15, 0.2) is 0 Å². The second-order valence-corrected chi connectivity index (χ2v) is 4.15. The van der Waals surface area contributed by atoms with Gasteiger partial charge in [0, 0.05) is 11.6 Å². The Balaban J connectivity index is 2.54. The van der Waals surface area contributed by atoms with E-state index in [0.29, 0.717) is 11.0 Å². The first kappa shape index (κ1) is 13.8. The van der Waals surface area contributed by atoms with E-state index in [1.165, 1.54) is 13.0 Å². The highest BCUT2D eigenvalue weighted by atomic mass is 19.4. The molecule has 1 heterocycles. The van der Waals surface area contributed by atoms with Gasteiger partial charge in [0.1, 0.15) is 0 Å². The number of carbonyl (C=O) groups excluding carboxylic acids is 2. The quantitative estimate of drug-likeness (QED) is 0.742. The van der Waals surface area contributed by atoms with Crippen LogP contribution in [0.25, 0.3) is 0 Å². The SMILES string of the molecule is CC1=CC(=O)N(c2ccc(C#N)c(C(F)(F)F)c2)C1=O. The molecule has 0 aliphatic carbocycles. The summed E-state index contributed by atoms with van der Waals surface area (Å²) in [5, 5.41) is 8.68. The zero-order chi connectivity index (χ0) is 15.1. The molecule has 2 rings (SSSR count). The summed E-state index contributed by atoms with van der Waals surface area (Å²) in [4.78, 5) is 24.0. The minimum atomic E-state index is -4.74. The van der Waals surface area contributed by atoms with Gasteiger partial charge in [-0.25, -0.2) is 4.90 Å². The van der Waals surface area contributed by atoms with Crippen molar-refractivity contribution in [2.75, 3.05) is 4.90 Å². The molecule has 0 saturated heterocycles. The second kappa shape index (κ2) is 4.49. The molecule has 1 aromatic carbocycles. The molecule has 0 atom stereocenters. The van der Waals surface area contributed by atoms with Gasteiger partial charge in [0.05, 0.1) is 22.9 Å². The fraction of sp³-hybridized carbons (Fsp3) is 0.154. The average Bonchev–Trinajstić information content (AvgIpc) is 2.61. The zero-order valence-corrected chi connectivity index (χ0v) is 10.2. The highest BCUT2D eigenvalue weighted by molar-refractivity contribution is 6.30. The Kier molecular flexibility index (Phi) is 3.10. The molecule has 1 aliphatic heterocycles. The third-order valence-corrected chi connectivity index (χ3v) is 2.79. The molecule has 0 spiro atoms. The van der Waals surface area contributed by atoms with Crippen LogP contribution in [0.15, 0.2) is 29.8 Å². The maximum atomic E-state index is 12.8. The number of hydrogen-bond donors (Lipinski definition) is 0. The Morgan fingerprint density at radius 3 is 2.35 bits per heavy atom. The van der Waals surface area contributed by atoms with Crippen LogP contribution in [0, 0.1) is 11.3 Å². The first-order valence-corrected chi connectivity index (χ1v) is 5.44. The van der Waals surface area contributed by atoms with Crippen LogP contribution in [-0.2, 0) is 15.8 Å². The number of nitriles is 1. The maximum absolute atomic E-state index is 12.8. The third-order valence-electron chi connectivity index (χ3n) is 2.79. The van der Waals surface area contributed by atoms with Gasteiger partial charge in [-0.3, -0.25) is 9.59 Å². The molecule has 0 N–H and O–H groups in total. The summed E-state index contributed by atoms with van der Waals surface area (Å²) in [7, 11) is 0. The molecular formula is C13H7F3N2O2. The number of rotatable bonds is 1. The van der Waals surface area contributed by atoms with Crippen LogP contribution in [-0.4, -0.2) is 11.8 Å². The zero-order valence-electron chi connectivity index (χ0n) is 10.2. The summed E-state index contributed by atoms with van der Waals surface area (Å²) in [6.07, 6.45) is -3.69. The van der Waals surface area contributed by atoms with E-state index in [2.05, 4.69) is 0 Å². The summed E-state index contributed by atoms with van der Waals surface area (Å²) in [5.74, 6) is -1.38. The average molecular weight is 280 g/mol. The van der Waals surface area contributed by atoms with E-state index in [-0.39, 0.29) is 11.3 Å². The van der Waals surface area contributed by atoms with Crippen molar-refractivity contribution in [3.63, 3.8) is 0 Å². The smallest absolute Gasteiger partial charge is 0.269 e. The minimum Gasteiger partial charge on any atom is -0.269 e. The van der Waals surface area contributed by atoms with Crippen LogP contribution >= 0.6 is 0 Å². The number of benzene rings is 1. The third kappa shape index (κ3) is 2.16. The molecule has 0 unspecified atom stereocenters. The molecule has 0 fully saturated rings. The first-order chi connectivity index (χ1) is 9.25. The van der Waals surface area contributed by atoms with Gasteiger partial charge in [-0.1, -0.05) is 0 Å². The predicted molar refractivity (Wildman–Crippen MR) is 62.4 cm³/mol. The second-order valence-electron chi connectivity index (χ2n) is 4.15. The van der Waals surface area contributed by atoms with Crippen molar-refractivity contribution in [2.24, 2.45) is 0 Å². The van der Waals surface area contributed by atoms with E-state index in [9.17, 15) is 22.8 Å². The number of halogens is 3. The van der Waals surface area contributed by atoms with Crippen LogP contribution in [0.1, 0.15) is 18.1 Å². The van der Waals surface area contributed by atoms with Gasteiger partial charge in [-0.15, -0.1) is 0 Å². The van der Waals surface area contributed by atoms with Gasteiger partial charge >= 0.3 is 6.18 Å². The number of alkyl halides is 3. The Morgan fingerprint density at radius 1 is 1.25 bits per heavy atom. The van der Waals surface area contributed by atoms with Crippen LogP contribution in [0.5, 0.6) is 0 Å². The Morgan fingerprint density at radius 2 is 1.90 bits per heavy atom. The molecule has 0 bridgehead atoms. The van der Waals surface area contributed by atoms with E-state index < -0.39 is 29.1 Å². The van der Waals surface area contributed by atoms with Gasteiger partial charge in [-0.2, -0.15) is 18.4 Å². The highest BCUT2D eigenvalue weighted by Crippen LogP contribution is 2.35. The standard InChI is InChI=1S/C13H7F3N2O2/c1-7-4-11(19)18(12(7)20)9-3-2-8(6-17)10(5-9)13(14,15)16/h2-5H,1H3. The van der Waals surface area contributed by atoms with Crippen molar-refractivity contribution >= 4 is 17.5 Å². The Bertz CT molecular complexity index is 684. The lowest BCUT2D eigenvalue weighted by Crippen LogP contribution is -2.30. The lowest BCUT2D eigenvalue weighted by atomic mass is 10.1. The van der Waals surface area contributed by atoms with Crippen molar-refractivity contribution in [1.29, 1.82) is 5.26 Å². The number of imide groups is 1. The molecule has 102 valence electrons. The molecule has 4 nitrogen and oxygen atoms in total. The van der Waals surface area contributed by atoms with Crippen molar-refractivity contribution in [1.82, 2.24) is 0 Å². The molecule has 0 radical (unpaired) electrons. The van der Waals surface area contributed by atoms with Crippen molar-refractivity contribution in [3.05, 3.63) is 41.0 Å². The molecule has 0 saturated carbocycles. The van der Waals surface area contributed by atoms with E-state index in [1.807, 2.05) is 0 Å². The number of anilines is 1. The lowest BCUT2D eigenvalue weighted by molar-refractivity contribution is -0.138. The largest absolute Gasteiger partial charge is 0.417 e. The van der Waals surface area contributed by atoms with Crippen molar-refractivity contribution in [3.8, 4) is 6.07 Å². The number of amides is 2. The molecule has 1 aromatic rings. The van der Waals surface area contributed by atoms with E-state index in [4.69, 9.17) is 5.26 Å². The normalized spacial score (nSPS) is 15.3. The molecule has 0 aromatic heterocycles. The summed E-state index contributed by atoms with van der Waals surface area (Å²) >= 11 is 0. The highest BCUT2D eigenvalue weighted by Gasteiger charge is 2.36. The summed E-state index contributed by atoms with van der Waals surface area (Å²) in [5.41, 5.74) is -1.81. The summed E-state index contributed by atoms with van der Waals surface area (Å²) in [6, 6.07) is 4.13. The van der Waals surface area contributed by atoms with Crippen molar-refractivity contribution in [2.45, 2.75) is 13.1 Å². The van der Waals surface area contributed by atoms with Gasteiger partial charge in [-0.05, 0) is 25.1 Å². The summed E-state index contributed by atoms with van der Waals surface area (Å²) in [6.45, 7) is 1.40. The van der Waals surface area contributed by atoms with E-state index in [0.717, 1.165) is 18.2 Å². The van der Waals surface area contributed by atoms with Crippen LogP contribution < -0.4 is 4.90 Å². The van der Waals surface area contributed by atoms with Gasteiger partial charge < -0.3 is 0 Å². The monoisotopic (exact) mass is 280 g/mol. The van der Waals surface area contributed by atoms with E-state index >= 15 is 0 Å². The van der Waals surface area contributed by atoms with Crippen LogP contribution in [0.4, 0.5) is 18.9 Å². The first-order valence-electron chi connectivity index (χ1n) is 5.44. The lowest BCUT2D eigenvalue weighted by Gasteiger charge is -2.17. The van der Waals surface area contributed by atoms with Gasteiger partial charge in [0.25, 0.3) is 11.8 Å². The van der Waals surface area contributed by atoms with Crippen molar-refractivity contribution < 1.29 is 22.8 Å². The number of hydrogen-bond acceptors (Lipinski definition) is 3. The molecular weight excluding hydrogens is 273 g/mol. The molecule has 1 aliphatic rings. The van der Waals surface area contributed by atoms with Gasteiger partial charge in [0.2, 0.25) is 0 Å². The van der Waals surface area contributed by atoms with Crippen LogP contribution in [0.3, 0.4) is 0 Å². The molecule has 20 heavy (non-hydrogen) atoms. The maximum Gasteiger partial charge on any atom is 0.417 e. The summed E-state index contributed by atoms with van der Waals surface area (Å²) < 4.78 is 38.5. The van der Waals surface area contributed by atoms with E-state index in [1.54, 1.807) is 0 Å². The topological polar surface area (TPSA) is 61.2 Å². The number of carbonyl (C=O) groups is 2.